The van der Waals surface area contributed by atoms with Gasteiger partial charge in [0, 0.05) is 17.1 Å². The Morgan fingerprint density at radius 3 is 2.83 bits per heavy atom. The molecule has 0 aromatic heterocycles. The molecule has 1 atom stereocenters. The number of rotatable bonds is 1. The molecule has 0 N–H and O–H groups in total. The predicted octanol–water partition coefficient (Wildman–Crippen LogP) is 3.91. The first kappa shape index (κ1) is 13.5. The minimum absolute atomic E-state index is 0.0759. The van der Waals surface area contributed by atoms with E-state index in [0.717, 1.165) is 25.8 Å². The maximum atomic E-state index is 13.6. The Morgan fingerprint density at radius 2 is 2.17 bits per heavy atom. The van der Waals surface area contributed by atoms with E-state index < -0.39 is 0 Å². The highest BCUT2D eigenvalue weighted by Crippen LogP contribution is 2.25. The second-order valence-electron chi connectivity index (χ2n) is 4.92. The summed E-state index contributed by atoms with van der Waals surface area (Å²) in [7, 11) is 0. The molecule has 2 rings (SSSR count). The number of nitrogens with zero attached hydrogens (tertiary/aromatic N) is 1. The summed E-state index contributed by atoms with van der Waals surface area (Å²) >= 11 is 3.35. The molecule has 98 valence electrons. The van der Waals surface area contributed by atoms with Crippen LogP contribution in [0, 0.1) is 12.7 Å². The minimum atomic E-state index is -0.328. The van der Waals surface area contributed by atoms with Crippen LogP contribution in [0.2, 0.25) is 0 Å². The van der Waals surface area contributed by atoms with E-state index >= 15 is 0 Å². The standard InChI is InChI=1S/C14H17BrFNO/c1-9-7-12(15)11(8-13(9)16)14(18)17-6-4-3-5-10(17)2/h7-8,10H,3-6H2,1-2H3. The number of hydrogen-bond acceptors (Lipinski definition) is 1. The van der Waals surface area contributed by atoms with Crippen molar-refractivity contribution in [1.29, 1.82) is 0 Å². The fourth-order valence-corrected chi connectivity index (χ4v) is 2.99. The van der Waals surface area contributed by atoms with Crippen LogP contribution in [0.15, 0.2) is 16.6 Å². The molecular weight excluding hydrogens is 297 g/mol. The second kappa shape index (κ2) is 5.39. The summed E-state index contributed by atoms with van der Waals surface area (Å²) in [5.74, 6) is -0.404. The van der Waals surface area contributed by atoms with E-state index in [4.69, 9.17) is 0 Å². The van der Waals surface area contributed by atoms with Gasteiger partial charge in [0.1, 0.15) is 5.82 Å². The summed E-state index contributed by atoms with van der Waals surface area (Å²) in [6, 6.07) is 3.24. The maximum Gasteiger partial charge on any atom is 0.255 e. The number of aryl methyl sites for hydroxylation is 1. The van der Waals surface area contributed by atoms with Gasteiger partial charge in [0.25, 0.3) is 5.91 Å². The molecule has 2 nitrogen and oxygen atoms in total. The summed E-state index contributed by atoms with van der Waals surface area (Å²) in [6.45, 7) is 4.51. The molecule has 1 amide bonds. The summed E-state index contributed by atoms with van der Waals surface area (Å²) in [5.41, 5.74) is 0.969. The second-order valence-corrected chi connectivity index (χ2v) is 5.78. The van der Waals surface area contributed by atoms with Crippen molar-refractivity contribution in [3.05, 3.63) is 33.5 Å². The average molecular weight is 314 g/mol. The highest BCUT2D eigenvalue weighted by atomic mass is 79.9. The molecule has 4 heteroatoms. The Bertz CT molecular complexity index is 475. The third kappa shape index (κ3) is 2.58. The number of likely N-dealkylation sites (tertiary alicyclic amines) is 1. The number of piperidine rings is 1. The Balaban J connectivity index is 2.30. The number of amides is 1. The molecule has 1 fully saturated rings. The number of carbonyl (C=O) groups is 1. The summed E-state index contributed by atoms with van der Waals surface area (Å²) in [4.78, 5) is 14.3. The molecule has 0 aliphatic carbocycles. The number of hydrogen-bond donors (Lipinski definition) is 0. The summed E-state index contributed by atoms with van der Waals surface area (Å²) in [6.07, 6.45) is 3.22. The van der Waals surface area contributed by atoms with Gasteiger partial charge in [0.15, 0.2) is 0 Å². The van der Waals surface area contributed by atoms with Crippen LogP contribution in [-0.4, -0.2) is 23.4 Å². The van der Waals surface area contributed by atoms with Crippen LogP contribution in [-0.2, 0) is 0 Å². The Hall–Kier alpha value is -0.900. The highest BCUT2D eigenvalue weighted by molar-refractivity contribution is 9.10. The van der Waals surface area contributed by atoms with Crippen LogP contribution < -0.4 is 0 Å². The number of halogens is 2. The first-order valence-corrected chi connectivity index (χ1v) is 7.06. The molecular formula is C14H17BrFNO. The van der Waals surface area contributed by atoms with Crippen molar-refractivity contribution < 1.29 is 9.18 Å². The van der Waals surface area contributed by atoms with Gasteiger partial charge in [-0.15, -0.1) is 0 Å². The van der Waals surface area contributed by atoms with E-state index in [1.165, 1.54) is 6.07 Å². The quantitative estimate of drug-likeness (QED) is 0.769. The lowest BCUT2D eigenvalue weighted by Crippen LogP contribution is -2.42. The molecule has 0 radical (unpaired) electrons. The highest BCUT2D eigenvalue weighted by Gasteiger charge is 2.26. The van der Waals surface area contributed by atoms with Crippen LogP contribution in [0.25, 0.3) is 0 Å². The monoisotopic (exact) mass is 313 g/mol. The van der Waals surface area contributed by atoms with Gasteiger partial charge in [-0.3, -0.25) is 4.79 Å². The van der Waals surface area contributed by atoms with E-state index in [2.05, 4.69) is 22.9 Å². The van der Waals surface area contributed by atoms with Crippen molar-refractivity contribution in [2.24, 2.45) is 0 Å². The Kier molecular flexibility index (Phi) is 4.05. The van der Waals surface area contributed by atoms with Gasteiger partial charge in [-0.05, 0) is 66.7 Å². The lowest BCUT2D eigenvalue weighted by Gasteiger charge is -2.33. The Labute approximate surface area is 115 Å². The fraction of sp³-hybridized carbons (Fsp3) is 0.500. The smallest absolute Gasteiger partial charge is 0.255 e. The molecule has 0 saturated carbocycles. The first-order chi connectivity index (χ1) is 8.50. The van der Waals surface area contributed by atoms with Gasteiger partial charge < -0.3 is 4.90 Å². The van der Waals surface area contributed by atoms with Crippen molar-refractivity contribution in [2.75, 3.05) is 6.54 Å². The average Bonchev–Trinajstić information content (AvgIpc) is 2.33. The van der Waals surface area contributed by atoms with Crippen molar-refractivity contribution in [3.63, 3.8) is 0 Å². The zero-order valence-corrected chi connectivity index (χ0v) is 12.3. The zero-order valence-electron chi connectivity index (χ0n) is 10.7. The van der Waals surface area contributed by atoms with E-state index in [9.17, 15) is 9.18 Å². The zero-order chi connectivity index (χ0) is 13.3. The number of carbonyl (C=O) groups excluding carboxylic acids is 1. The van der Waals surface area contributed by atoms with Gasteiger partial charge >= 0.3 is 0 Å². The van der Waals surface area contributed by atoms with Crippen LogP contribution in [0.5, 0.6) is 0 Å². The molecule has 1 aromatic carbocycles. The molecule has 1 saturated heterocycles. The summed E-state index contributed by atoms with van der Waals surface area (Å²) in [5, 5.41) is 0. The molecule has 1 heterocycles. The van der Waals surface area contributed by atoms with Crippen LogP contribution in [0.3, 0.4) is 0 Å². The molecule has 1 aliphatic heterocycles. The largest absolute Gasteiger partial charge is 0.336 e. The topological polar surface area (TPSA) is 20.3 Å². The van der Waals surface area contributed by atoms with Crippen LogP contribution >= 0.6 is 15.9 Å². The fourth-order valence-electron chi connectivity index (χ4n) is 2.36. The summed E-state index contributed by atoms with van der Waals surface area (Å²) < 4.78 is 14.3. The molecule has 0 bridgehead atoms. The van der Waals surface area contributed by atoms with Gasteiger partial charge in [-0.2, -0.15) is 0 Å². The van der Waals surface area contributed by atoms with Gasteiger partial charge in [0.2, 0.25) is 0 Å². The minimum Gasteiger partial charge on any atom is -0.336 e. The normalized spacial score (nSPS) is 20.0. The third-order valence-electron chi connectivity index (χ3n) is 3.54. The Morgan fingerprint density at radius 1 is 1.44 bits per heavy atom. The lowest BCUT2D eigenvalue weighted by molar-refractivity contribution is 0.0634. The van der Waals surface area contributed by atoms with Crippen molar-refractivity contribution >= 4 is 21.8 Å². The van der Waals surface area contributed by atoms with E-state index in [1.807, 2.05) is 4.90 Å². The SMILES string of the molecule is Cc1cc(Br)c(C(=O)N2CCCCC2C)cc1F. The van der Waals surface area contributed by atoms with Crippen molar-refractivity contribution in [2.45, 2.75) is 39.2 Å². The molecule has 1 unspecified atom stereocenters. The van der Waals surface area contributed by atoms with Crippen LogP contribution in [0.1, 0.15) is 42.1 Å². The van der Waals surface area contributed by atoms with E-state index in [0.29, 0.717) is 15.6 Å². The van der Waals surface area contributed by atoms with E-state index in [-0.39, 0.29) is 17.8 Å². The van der Waals surface area contributed by atoms with E-state index in [1.54, 1.807) is 13.0 Å². The lowest BCUT2D eigenvalue weighted by atomic mass is 10.0. The van der Waals surface area contributed by atoms with Crippen molar-refractivity contribution in [1.82, 2.24) is 4.90 Å². The first-order valence-electron chi connectivity index (χ1n) is 6.27. The predicted molar refractivity (Wildman–Crippen MR) is 73.2 cm³/mol. The third-order valence-corrected chi connectivity index (χ3v) is 4.20. The molecule has 18 heavy (non-hydrogen) atoms. The molecule has 1 aromatic rings. The van der Waals surface area contributed by atoms with Crippen molar-refractivity contribution in [3.8, 4) is 0 Å². The van der Waals surface area contributed by atoms with Gasteiger partial charge in [0.05, 0.1) is 5.56 Å². The molecule has 1 aliphatic rings. The number of benzene rings is 1. The van der Waals surface area contributed by atoms with Gasteiger partial charge in [-0.25, -0.2) is 4.39 Å². The van der Waals surface area contributed by atoms with Gasteiger partial charge in [-0.1, -0.05) is 0 Å². The molecule has 0 spiro atoms. The maximum absolute atomic E-state index is 13.6. The van der Waals surface area contributed by atoms with Crippen LogP contribution in [0.4, 0.5) is 4.39 Å².